The van der Waals surface area contributed by atoms with E-state index in [4.69, 9.17) is 0 Å². The Balaban J connectivity index is 1.76. The maximum absolute atomic E-state index is 4.53. The first-order valence-corrected chi connectivity index (χ1v) is 7.17. The van der Waals surface area contributed by atoms with Crippen LogP contribution >= 0.6 is 11.8 Å². The Kier molecular flexibility index (Phi) is 3.25. The zero-order chi connectivity index (χ0) is 13.2. The van der Waals surface area contributed by atoms with Crippen molar-refractivity contribution in [2.24, 2.45) is 0 Å². The minimum Gasteiger partial charge on any atom is -0.303 e. The fraction of sp³-hybridized carbons (Fsp3) is 0.308. The lowest BCUT2D eigenvalue weighted by Gasteiger charge is -2.04. The van der Waals surface area contributed by atoms with Crippen molar-refractivity contribution in [3.05, 3.63) is 42.7 Å². The lowest BCUT2D eigenvalue weighted by Crippen LogP contribution is -2.01. The van der Waals surface area contributed by atoms with Crippen LogP contribution in [0.2, 0.25) is 0 Å². The van der Waals surface area contributed by atoms with Crippen LogP contribution in [-0.4, -0.2) is 24.1 Å². The highest BCUT2D eigenvalue weighted by Crippen LogP contribution is 2.23. The van der Waals surface area contributed by atoms with Crippen LogP contribution in [0.1, 0.15) is 25.6 Å². The van der Waals surface area contributed by atoms with Gasteiger partial charge in [0.1, 0.15) is 5.03 Å². The number of hydrogen-bond donors (Lipinski definition) is 0. The smallest absolute Gasteiger partial charge is 0.169 e. The van der Waals surface area contributed by atoms with Gasteiger partial charge in [-0.3, -0.25) is 4.68 Å². The van der Waals surface area contributed by atoms with Crippen LogP contribution in [0.15, 0.2) is 42.1 Å². The van der Waals surface area contributed by atoms with E-state index >= 15 is 0 Å². The van der Waals surface area contributed by atoms with Gasteiger partial charge in [-0.25, -0.2) is 9.97 Å². The van der Waals surface area contributed by atoms with Gasteiger partial charge < -0.3 is 4.40 Å². The molecular weight excluding hydrogens is 258 g/mol. The average molecular weight is 273 g/mol. The SMILES string of the molecule is CC(C)n1ccc(CSc2nccn3ccnc23)n1. The van der Waals surface area contributed by atoms with Crippen molar-refractivity contribution in [2.75, 3.05) is 0 Å². The average Bonchev–Trinajstić information content (AvgIpc) is 3.05. The molecule has 0 atom stereocenters. The molecular formula is C13H15N5S. The summed E-state index contributed by atoms with van der Waals surface area (Å²) < 4.78 is 3.95. The van der Waals surface area contributed by atoms with E-state index in [0.29, 0.717) is 6.04 Å². The molecule has 6 heteroatoms. The van der Waals surface area contributed by atoms with Gasteiger partial charge in [-0.2, -0.15) is 5.10 Å². The second-order valence-electron chi connectivity index (χ2n) is 4.56. The molecule has 0 aromatic carbocycles. The Labute approximate surface area is 115 Å². The summed E-state index contributed by atoms with van der Waals surface area (Å²) in [5, 5.41) is 5.47. The summed E-state index contributed by atoms with van der Waals surface area (Å²) in [7, 11) is 0. The predicted octanol–water partition coefficient (Wildman–Crippen LogP) is 2.80. The lowest BCUT2D eigenvalue weighted by atomic mass is 10.4. The van der Waals surface area contributed by atoms with Crippen LogP contribution < -0.4 is 0 Å². The highest BCUT2D eigenvalue weighted by Gasteiger charge is 2.07. The summed E-state index contributed by atoms with van der Waals surface area (Å²) in [6, 6.07) is 2.45. The van der Waals surface area contributed by atoms with Gasteiger partial charge in [-0.15, -0.1) is 0 Å². The molecule has 0 radical (unpaired) electrons. The fourth-order valence-electron chi connectivity index (χ4n) is 1.82. The van der Waals surface area contributed by atoms with E-state index in [0.717, 1.165) is 22.1 Å². The Bertz CT molecular complexity index is 685. The molecule has 0 aliphatic heterocycles. The molecule has 0 aliphatic rings. The minimum absolute atomic E-state index is 0.396. The molecule has 0 N–H and O–H groups in total. The van der Waals surface area contributed by atoms with E-state index in [1.807, 2.05) is 27.7 Å². The lowest BCUT2D eigenvalue weighted by molar-refractivity contribution is 0.529. The monoisotopic (exact) mass is 273 g/mol. The fourth-order valence-corrected chi connectivity index (χ4v) is 2.68. The standard InChI is InChI=1S/C13H15N5S/c1-10(2)18-6-3-11(16-18)9-19-13-12-14-4-7-17(12)8-5-15-13/h3-8,10H,9H2,1-2H3. The van der Waals surface area contributed by atoms with Gasteiger partial charge >= 0.3 is 0 Å². The van der Waals surface area contributed by atoms with Crippen molar-refractivity contribution in [1.82, 2.24) is 24.1 Å². The van der Waals surface area contributed by atoms with Crippen LogP contribution in [0.5, 0.6) is 0 Å². The summed E-state index contributed by atoms with van der Waals surface area (Å²) in [6.07, 6.45) is 9.43. The van der Waals surface area contributed by atoms with Gasteiger partial charge in [0.2, 0.25) is 0 Å². The molecule has 19 heavy (non-hydrogen) atoms. The van der Waals surface area contributed by atoms with E-state index in [2.05, 4.69) is 35.0 Å². The van der Waals surface area contributed by atoms with Crippen molar-refractivity contribution in [3.63, 3.8) is 0 Å². The zero-order valence-corrected chi connectivity index (χ0v) is 11.7. The van der Waals surface area contributed by atoms with E-state index in [1.165, 1.54) is 0 Å². The molecule has 3 aromatic heterocycles. The molecule has 0 fully saturated rings. The van der Waals surface area contributed by atoms with Crippen LogP contribution in [0.4, 0.5) is 0 Å². The molecule has 98 valence electrons. The highest BCUT2D eigenvalue weighted by atomic mass is 32.2. The summed E-state index contributed by atoms with van der Waals surface area (Å²) in [6.45, 7) is 4.24. The Morgan fingerprint density at radius 3 is 2.68 bits per heavy atom. The number of hydrogen-bond acceptors (Lipinski definition) is 4. The van der Waals surface area contributed by atoms with Gasteiger partial charge in [0.05, 0.1) is 5.69 Å². The van der Waals surface area contributed by atoms with Crippen LogP contribution in [0, 0.1) is 0 Å². The molecule has 3 aromatic rings. The largest absolute Gasteiger partial charge is 0.303 e. The number of rotatable bonds is 4. The normalized spacial score (nSPS) is 11.5. The Morgan fingerprint density at radius 2 is 1.95 bits per heavy atom. The summed E-state index contributed by atoms with van der Waals surface area (Å²) in [5.41, 5.74) is 1.96. The highest BCUT2D eigenvalue weighted by molar-refractivity contribution is 7.98. The first kappa shape index (κ1) is 12.2. The summed E-state index contributed by atoms with van der Waals surface area (Å²) >= 11 is 1.66. The number of fused-ring (bicyclic) bond motifs is 1. The molecule has 0 unspecified atom stereocenters. The maximum atomic E-state index is 4.53. The van der Waals surface area contributed by atoms with E-state index < -0.39 is 0 Å². The van der Waals surface area contributed by atoms with E-state index in [1.54, 1.807) is 24.2 Å². The zero-order valence-electron chi connectivity index (χ0n) is 10.9. The van der Waals surface area contributed by atoms with Gasteiger partial charge in [0.25, 0.3) is 0 Å². The topological polar surface area (TPSA) is 48.0 Å². The number of aromatic nitrogens is 5. The molecule has 3 heterocycles. The number of imidazole rings is 1. The van der Waals surface area contributed by atoms with Gasteiger partial charge in [-0.05, 0) is 19.9 Å². The van der Waals surface area contributed by atoms with Crippen molar-refractivity contribution in [3.8, 4) is 0 Å². The Morgan fingerprint density at radius 1 is 1.16 bits per heavy atom. The maximum Gasteiger partial charge on any atom is 0.169 e. The molecule has 0 saturated carbocycles. The molecule has 0 amide bonds. The first-order valence-electron chi connectivity index (χ1n) is 6.18. The van der Waals surface area contributed by atoms with Crippen LogP contribution in [0.3, 0.4) is 0 Å². The third-order valence-corrected chi connectivity index (χ3v) is 3.83. The van der Waals surface area contributed by atoms with Gasteiger partial charge in [-0.1, -0.05) is 11.8 Å². The number of thioether (sulfide) groups is 1. The minimum atomic E-state index is 0.396. The molecule has 3 rings (SSSR count). The van der Waals surface area contributed by atoms with Crippen molar-refractivity contribution < 1.29 is 0 Å². The molecule has 0 bridgehead atoms. The van der Waals surface area contributed by atoms with Crippen molar-refractivity contribution >= 4 is 17.4 Å². The second-order valence-corrected chi connectivity index (χ2v) is 5.52. The van der Waals surface area contributed by atoms with E-state index in [-0.39, 0.29) is 0 Å². The van der Waals surface area contributed by atoms with Gasteiger partial charge in [0.15, 0.2) is 5.65 Å². The first-order chi connectivity index (χ1) is 9.24. The molecule has 0 saturated heterocycles. The van der Waals surface area contributed by atoms with Gasteiger partial charge in [0, 0.05) is 42.8 Å². The predicted molar refractivity (Wildman–Crippen MR) is 75.2 cm³/mol. The second kappa shape index (κ2) is 5.05. The van der Waals surface area contributed by atoms with Crippen LogP contribution in [0.25, 0.3) is 5.65 Å². The number of nitrogens with zero attached hydrogens (tertiary/aromatic N) is 5. The quantitative estimate of drug-likeness (QED) is 0.686. The molecule has 5 nitrogen and oxygen atoms in total. The third-order valence-electron chi connectivity index (χ3n) is 2.83. The van der Waals surface area contributed by atoms with Crippen molar-refractivity contribution in [2.45, 2.75) is 30.7 Å². The summed E-state index contributed by atoms with van der Waals surface area (Å²) in [4.78, 5) is 8.70. The Hall–Kier alpha value is -1.82. The van der Waals surface area contributed by atoms with Crippen LogP contribution in [-0.2, 0) is 5.75 Å². The third kappa shape index (κ3) is 2.49. The molecule has 0 spiro atoms. The van der Waals surface area contributed by atoms with Crippen molar-refractivity contribution in [1.29, 1.82) is 0 Å². The summed E-state index contributed by atoms with van der Waals surface area (Å²) in [5.74, 6) is 0.805. The van der Waals surface area contributed by atoms with E-state index in [9.17, 15) is 0 Å². The molecule has 0 aliphatic carbocycles.